The third kappa shape index (κ3) is 1.34. The highest BCUT2D eigenvalue weighted by atomic mass is 14.8. The summed E-state index contributed by atoms with van der Waals surface area (Å²) in [6.45, 7) is 7.94. The fourth-order valence-electron chi connectivity index (χ4n) is 2.64. The number of hydrogen-bond acceptors (Lipinski definition) is 1. The number of rotatable bonds is 0. The fraction of sp³-hybridized carbons (Fsp3) is 0.750. The van der Waals surface area contributed by atoms with E-state index < -0.39 is 0 Å². The van der Waals surface area contributed by atoms with Crippen molar-refractivity contribution in [2.75, 3.05) is 6.54 Å². The van der Waals surface area contributed by atoms with Crippen molar-refractivity contribution in [1.82, 2.24) is 0 Å². The molecule has 0 radical (unpaired) electrons. The lowest BCUT2D eigenvalue weighted by atomic mass is 9.68. The summed E-state index contributed by atoms with van der Waals surface area (Å²) in [5.74, 6) is 0. The van der Waals surface area contributed by atoms with Crippen LogP contribution in [-0.4, -0.2) is 12.3 Å². The fourth-order valence-corrected chi connectivity index (χ4v) is 2.64. The Balaban J connectivity index is 2.44. The van der Waals surface area contributed by atoms with E-state index >= 15 is 0 Å². The molecular formula is C12H19N. The zero-order chi connectivity index (χ0) is 9.47. The molecule has 1 atom stereocenters. The Bertz CT molecular complexity index is 285. The smallest absolute Gasteiger partial charge is 0.0435 e. The van der Waals surface area contributed by atoms with Crippen molar-refractivity contribution in [2.45, 2.75) is 46.5 Å². The molecular weight excluding hydrogens is 158 g/mol. The first-order valence-corrected chi connectivity index (χ1v) is 5.35. The molecule has 1 heteroatoms. The Morgan fingerprint density at radius 2 is 2.00 bits per heavy atom. The minimum atomic E-state index is 0.418. The molecule has 13 heavy (non-hydrogen) atoms. The van der Waals surface area contributed by atoms with Crippen molar-refractivity contribution in [3.05, 3.63) is 11.1 Å². The van der Waals surface area contributed by atoms with Gasteiger partial charge in [-0.2, -0.15) is 0 Å². The van der Waals surface area contributed by atoms with Gasteiger partial charge in [0.25, 0.3) is 0 Å². The van der Waals surface area contributed by atoms with Crippen LogP contribution in [0.2, 0.25) is 0 Å². The van der Waals surface area contributed by atoms with Crippen LogP contribution in [0.5, 0.6) is 0 Å². The second-order valence-corrected chi connectivity index (χ2v) is 4.80. The molecule has 2 rings (SSSR count). The molecule has 1 unspecified atom stereocenters. The van der Waals surface area contributed by atoms with Crippen LogP contribution in [0.1, 0.15) is 46.5 Å². The molecule has 0 spiro atoms. The summed E-state index contributed by atoms with van der Waals surface area (Å²) in [6, 6.07) is 0. The molecule has 0 amide bonds. The standard InChI is InChI=1S/C12H19N/c1-9-5-7-12(3)6-4-8-13-11(12)10(9)2/h4-8H2,1-3H3. The normalized spacial score (nSPS) is 34.2. The van der Waals surface area contributed by atoms with Gasteiger partial charge in [-0.1, -0.05) is 12.5 Å². The predicted octanol–water partition coefficient (Wildman–Crippen LogP) is 3.36. The summed E-state index contributed by atoms with van der Waals surface area (Å²) in [5.41, 5.74) is 4.87. The van der Waals surface area contributed by atoms with Crippen LogP contribution in [-0.2, 0) is 0 Å². The molecule has 1 aliphatic carbocycles. The summed E-state index contributed by atoms with van der Waals surface area (Å²) >= 11 is 0. The summed E-state index contributed by atoms with van der Waals surface area (Å²) < 4.78 is 0. The van der Waals surface area contributed by atoms with Crippen LogP contribution in [0.15, 0.2) is 16.1 Å². The predicted molar refractivity (Wildman–Crippen MR) is 57.3 cm³/mol. The van der Waals surface area contributed by atoms with E-state index in [0.29, 0.717) is 5.41 Å². The first kappa shape index (κ1) is 8.98. The molecule has 0 saturated carbocycles. The van der Waals surface area contributed by atoms with Gasteiger partial charge < -0.3 is 0 Å². The lowest BCUT2D eigenvalue weighted by molar-refractivity contribution is 0.360. The van der Waals surface area contributed by atoms with Gasteiger partial charge in [0.2, 0.25) is 0 Å². The molecule has 1 heterocycles. The van der Waals surface area contributed by atoms with Gasteiger partial charge in [-0.05, 0) is 45.1 Å². The Labute approximate surface area is 80.9 Å². The highest BCUT2D eigenvalue weighted by Crippen LogP contribution is 2.42. The summed E-state index contributed by atoms with van der Waals surface area (Å²) in [5, 5.41) is 0. The van der Waals surface area contributed by atoms with E-state index in [4.69, 9.17) is 4.99 Å². The molecule has 1 nitrogen and oxygen atoms in total. The molecule has 0 aromatic carbocycles. The van der Waals surface area contributed by atoms with Crippen molar-refractivity contribution < 1.29 is 0 Å². The van der Waals surface area contributed by atoms with Gasteiger partial charge in [0.05, 0.1) is 0 Å². The van der Waals surface area contributed by atoms with E-state index in [1.54, 1.807) is 5.57 Å². The van der Waals surface area contributed by atoms with Crippen LogP contribution in [0, 0.1) is 5.41 Å². The van der Waals surface area contributed by atoms with E-state index in [1.807, 2.05) is 0 Å². The van der Waals surface area contributed by atoms with Crippen molar-refractivity contribution in [3.63, 3.8) is 0 Å². The number of fused-ring (bicyclic) bond motifs is 1. The zero-order valence-corrected chi connectivity index (χ0v) is 8.98. The monoisotopic (exact) mass is 177 g/mol. The summed E-state index contributed by atoms with van der Waals surface area (Å²) in [6.07, 6.45) is 5.22. The summed E-state index contributed by atoms with van der Waals surface area (Å²) in [4.78, 5) is 4.71. The minimum absolute atomic E-state index is 0.418. The highest BCUT2D eigenvalue weighted by molar-refractivity contribution is 6.05. The molecule has 0 N–H and O–H groups in total. The maximum absolute atomic E-state index is 4.71. The van der Waals surface area contributed by atoms with E-state index in [2.05, 4.69) is 20.8 Å². The second-order valence-electron chi connectivity index (χ2n) is 4.80. The largest absolute Gasteiger partial charge is 0.289 e. The maximum Gasteiger partial charge on any atom is 0.0435 e. The molecule has 0 aromatic heterocycles. The van der Waals surface area contributed by atoms with Crippen LogP contribution in [0.25, 0.3) is 0 Å². The van der Waals surface area contributed by atoms with Crippen molar-refractivity contribution in [1.29, 1.82) is 0 Å². The Hall–Kier alpha value is -0.590. The van der Waals surface area contributed by atoms with E-state index in [-0.39, 0.29) is 0 Å². The lowest BCUT2D eigenvalue weighted by Crippen LogP contribution is -2.35. The maximum atomic E-state index is 4.71. The molecule has 0 bridgehead atoms. The minimum Gasteiger partial charge on any atom is -0.289 e. The van der Waals surface area contributed by atoms with Crippen LogP contribution in [0.4, 0.5) is 0 Å². The van der Waals surface area contributed by atoms with Gasteiger partial charge in [-0.3, -0.25) is 4.99 Å². The third-order valence-electron chi connectivity index (χ3n) is 3.78. The molecule has 0 fully saturated rings. The lowest BCUT2D eigenvalue weighted by Gasteiger charge is -2.39. The van der Waals surface area contributed by atoms with Gasteiger partial charge in [0.15, 0.2) is 0 Å². The van der Waals surface area contributed by atoms with Gasteiger partial charge in [0.1, 0.15) is 0 Å². The summed E-state index contributed by atoms with van der Waals surface area (Å²) in [7, 11) is 0. The second kappa shape index (κ2) is 2.97. The average Bonchev–Trinajstić information content (AvgIpc) is 2.12. The van der Waals surface area contributed by atoms with E-state index in [0.717, 1.165) is 6.54 Å². The molecule has 72 valence electrons. The first-order valence-electron chi connectivity index (χ1n) is 5.35. The van der Waals surface area contributed by atoms with Crippen LogP contribution >= 0.6 is 0 Å². The quantitative estimate of drug-likeness (QED) is 0.538. The Morgan fingerprint density at radius 3 is 2.77 bits per heavy atom. The average molecular weight is 177 g/mol. The number of allylic oxidation sites excluding steroid dienone is 2. The molecule has 2 aliphatic rings. The number of aliphatic imine (C=N–C) groups is 1. The zero-order valence-electron chi connectivity index (χ0n) is 8.98. The molecule has 0 saturated heterocycles. The molecule has 0 aromatic rings. The van der Waals surface area contributed by atoms with Gasteiger partial charge >= 0.3 is 0 Å². The van der Waals surface area contributed by atoms with Crippen molar-refractivity contribution in [2.24, 2.45) is 10.4 Å². The Morgan fingerprint density at radius 1 is 1.23 bits per heavy atom. The first-order chi connectivity index (χ1) is 6.13. The number of hydrogen-bond donors (Lipinski definition) is 0. The van der Waals surface area contributed by atoms with Gasteiger partial charge in [-0.25, -0.2) is 0 Å². The topological polar surface area (TPSA) is 12.4 Å². The number of nitrogens with zero attached hydrogens (tertiary/aromatic N) is 1. The van der Waals surface area contributed by atoms with E-state index in [9.17, 15) is 0 Å². The van der Waals surface area contributed by atoms with Crippen molar-refractivity contribution >= 4 is 5.71 Å². The Kier molecular flexibility index (Phi) is 2.05. The van der Waals surface area contributed by atoms with Crippen LogP contribution < -0.4 is 0 Å². The highest BCUT2D eigenvalue weighted by Gasteiger charge is 2.36. The third-order valence-corrected chi connectivity index (χ3v) is 3.78. The van der Waals surface area contributed by atoms with Crippen LogP contribution in [0.3, 0.4) is 0 Å². The van der Waals surface area contributed by atoms with Gasteiger partial charge in [0, 0.05) is 17.7 Å². The van der Waals surface area contributed by atoms with Crippen molar-refractivity contribution in [3.8, 4) is 0 Å². The van der Waals surface area contributed by atoms with Gasteiger partial charge in [-0.15, -0.1) is 0 Å². The SMILES string of the molecule is CC1=C(C)C2=NCCCC2(C)CC1. The van der Waals surface area contributed by atoms with E-state index in [1.165, 1.54) is 37.0 Å². The molecule has 1 aliphatic heterocycles.